The van der Waals surface area contributed by atoms with Gasteiger partial charge in [-0.3, -0.25) is 0 Å². The molecule has 0 aliphatic carbocycles. The molecule has 1 aromatic carbocycles. The SMILES string of the molecule is COC(=O)c1cc(B2OC(C)(C)C(C)(C)O2)cc2nnn(C)c12. The highest BCUT2D eigenvalue weighted by Gasteiger charge is 2.52. The smallest absolute Gasteiger partial charge is 0.465 e. The molecule has 1 saturated heterocycles. The highest BCUT2D eigenvalue weighted by Crippen LogP contribution is 2.36. The minimum Gasteiger partial charge on any atom is -0.465 e. The van der Waals surface area contributed by atoms with Crippen LogP contribution in [-0.4, -0.2) is 46.4 Å². The number of hydrogen-bond acceptors (Lipinski definition) is 6. The Balaban J connectivity index is 2.12. The summed E-state index contributed by atoms with van der Waals surface area (Å²) in [6, 6.07) is 3.55. The highest BCUT2D eigenvalue weighted by atomic mass is 16.7. The summed E-state index contributed by atoms with van der Waals surface area (Å²) in [6.07, 6.45) is 0. The molecule has 1 aromatic heterocycles. The van der Waals surface area contributed by atoms with Gasteiger partial charge in [0, 0.05) is 7.05 Å². The first-order valence-corrected chi connectivity index (χ1v) is 7.43. The molecular weight excluding hydrogens is 297 g/mol. The first-order valence-electron chi connectivity index (χ1n) is 7.43. The van der Waals surface area contributed by atoms with Gasteiger partial charge in [0.15, 0.2) is 0 Å². The lowest BCUT2D eigenvalue weighted by molar-refractivity contribution is 0.00578. The minimum atomic E-state index is -0.574. The molecule has 1 aliphatic rings. The number of carbonyl (C=O) groups excluding carboxylic acids is 1. The molecule has 2 heterocycles. The van der Waals surface area contributed by atoms with Gasteiger partial charge in [0.2, 0.25) is 0 Å². The summed E-state index contributed by atoms with van der Waals surface area (Å²) in [6.45, 7) is 7.92. The van der Waals surface area contributed by atoms with Crippen LogP contribution in [0, 0.1) is 0 Å². The van der Waals surface area contributed by atoms with Crippen molar-refractivity contribution in [2.75, 3.05) is 7.11 Å². The molecule has 2 aromatic rings. The van der Waals surface area contributed by atoms with Crippen molar-refractivity contribution in [3.63, 3.8) is 0 Å². The molecular formula is C15H20BN3O4. The van der Waals surface area contributed by atoms with Gasteiger partial charge in [0.25, 0.3) is 0 Å². The molecule has 0 amide bonds. The zero-order valence-electron chi connectivity index (χ0n) is 14.2. The van der Waals surface area contributed by atoms with Crippen molar-refractivity contribution in [1.29, 1.82) is 0 Å². The van der Waals surface area contributed by atoms with Crippen LogP contribution in [0.15, 0.2) is 12.1 Å². The molecule has 0 radical (unpaired) electrons. The quantitative estimate of drug-likeness (QED) is 0.609. The van der Waals surface area contributed by atoms with Crippen LogP contribution in [0.3, 0.4) is 0 Å². The van der Waals surface area contributed by atoms with E-state index >= 15 is 0 Å². The highest BCUT2D eigenvalue weighted by molar-refractivity contribution is 6.62. The van der Waals surface area contributed by atoms with Crippen molar-refractivity contribution in [2.24, 2.45) is 7.05 Å². The number of aryl methyl sites for hydroxylation is 1. The van der Waals surface area contributed by atoms with Crippen LogP contribution < -0.4 is 5.46 Å². The van der Waals surface area contributed by atoms with E-state index in [9.17, 15) is 4.79 Å². The van der Waals surface area contributed by atoms with Gasteiger partial charge < -0.3 is 14.0 Å². The number of benzene rings is 1. The van der Waals surface area contributed by atoms with Crippen LogP contribution >= 0.6 is 0 Å². The fraction of sp³-hybridized carbons (Fsp3) is 0.533. The maximum absolute atomic E-state index is 12.1. The molecule has 0 spiro atoms. The van der Waals surface area contributed by atoms with E-state index in [1.165, 1.54) is 7.11 Å². The second-order valence-corrected chi connectivity index (χ2v) is 6.73. The van der Waals surface area contributed by atoms with Gasteiger partial charge in [0.05, 0.1) is 23.9 Å². The zero-order chi connectivity index (χ0) is 17.0. The summed E-state index contributed by atoms with van der Waals surface area (Å²) >= 11 is 0. The lowest BCUT2D eigenvalue weighted by Crippen LogP contribution is -2.41. The average molecular weight is 317 g/mol. The third-order valence-electron chi connectivity index (χ3n) is 4.65. The molecule has 7 nitrogen and oxygen atoms in total. The summed E-state index contributed by atoms with van der Waals surface area (Å²) in [4.78, 5) is 12.1. The Bertz CT molecular complexity index is 768. The summed E-state index contributed by atoms with van der Waals surface area (Å²) in [5, 5.41) is 8.07. The van der Waals surface area contributed by atoms with E-state index in [0.29, 0.717) is 16.6 Å². The molecule has 23 heavy (non-hydrogen) atoms. The Morgan fingerprint density at radius 2 is 1.83 bits per heavy atom. The van der Waals surface area contributed by atoms with Crippen LogP contribution in [-0.2, 0) is 21.1 Å². The maximum atomic E-state index is 12.1. The van der Waals surface area contributed by atoms with Gasteiger partial charge in [-0.1, -0.05) is 5.21 Å². The number of nitrogens with zero attached hydrogens (tertiary/aromatic N) is 3. The largest absolute Gasteiger partial charge is 0.494 e. The Morgan fingerprint density at radius 3 is 2.39 bits per heavy atom. The molecule has 0 atom stereocenters. The van der Waals surface area contributed by atoms with Crippen LogP contribution in [0.1, 0.15) is 38.1 Å². The van der Waals surface area contributed by atoms with Crippen LogP contribution in [0.4, 0.5) is 0 Å². The van der Waals surface area contributed by atoms with Gasteiger partial charge in [-0.05, 0) is 45.3 Å². The number of ether oxygens (including phenoxy) is 1. The van der Waals surface area contributed by atoms with Crippen molar-refractivity contribution in [3.8, 4) is 0 Å². The van der Waals surface area contributed by atoms with E-state index in [-0.39, 0.29) is 0 Å². The Kier molecular flexibility index (Phi) is 3.49. The van der Waals surface area contributed by atoms with E-state index in [0.717, 1.165) is 5.46 Å². The van der Waals surface area contributed by atoms with E-state index in [1.807, 2.05) is 33.8 Å². The number of carbonyl (C=O) groups is 1. The molecule has 0 N–H and O–H groups in total. The molecule has 3 rings (SSSR count). The van der Waals surface area contributed by atoms with E-state index in [1.54, 1.807) is 17.8 Å². The van der Waals surface area contributed by atoms with Crippen LogP contribution in [0.25, 0.3) is 11.0 Å². The van der Waals surface area contributed by atoms with Gasteiger partial charge in [-0.2, -0.15) is 0 Å². The number of esters is 1. The third-order valence-corrected chi connectivity index (χ3v) is 4.65. The summed E-state index contributed by atoms with van der Waals surface area (Å²) < 4.78 is 18.5. The van der Waals surface area contributed by atoms with Gasteiger partial charge >= 0.3 is 13.1 Å². The van der Waals surface area contributed by atoms with Crippen molar-refractivity contribution in [3.05, 3.63) is 17.7 Å². The average Bonchev–Trinajstić information content (AvgIpc) is 2.95. The molecule has 1 aliphatic heterocycles. The first kappa shape index (κ1) is 16.0. The van der Waals surface area contributed by atoms with Crippen molar-refractivity contribution >= 4 is 29.6 Å². The topological polar surface area (TPSA) is 75.5 Å². The number of rotatable bonds is 2. The Hall–Kier alpha value is -1.93. The minimum absolute atomic E-state index is 0.391. The molecule has 0 unspecified atom stereocenters. The second kappa shape index (κ2) is 5.04. The summed E-state index contributed by atoms with van der Waals surface area (Å²) in [5.74, 6) is -0.446. The van der Waals surface area contributed by atoms with Crippen molar-refractivity contribution in [1.82, 2.24) is 15.0 Å². The normalized spacial score (nSPS) is 19.3. The molecule has 0 saturated carbocycles. The van der Waals surface area contributed by atoms with E-state index in [2.05, 4.69) is 10.3 Å². The standard InChI is InChI=1S/C15H20BN3O4/c1-14(2)15(3,4)23-16(22-14)9-7-10(13(20)21-6)12-11(8-9)17-18-19(12)5/h7-8H,1-6H3. The monoisotopic (exact) mass is 317 g/mol. The fourth-order valence-corrected chi connectivity index (χ4v) is 2.60. The lowest BCUT2D eigenvalue weighted by Gasteiger charge is -2.32. The van der Waals surface area contributed by atoms with E-state index in [4.69, 9.17) is 14.0 Å². The number of methoxy groups -OCH3 is 1. The van der Waals surface area contributed by atoms with Crippen LogP contribution in [0.5, 0.6) is 0 Å². The van der Waals surface area contributed by atoms with Crippen molar-refractivity contribution < 1.29 is 18.8 Å². The maximum Gasteiger partial charge on any atom is 0.494 e. The summed E-state index contributed by atoms with van der Waals surface area (Å²) in [5.41, 5.74) is 1.41. The molecule has 0 bridgehead atoms. The van der Waals surface area contributed by atoms with Crippen LogP contribution in [0.2, 0.25) is 0 Å². The zero-order valence-corrected chi connectivity index (χ0v) is 14.2. The van der Waals surface area contributed by atoms with Gasteiger partial charge in [-0.25, -0.2) is 9.48 Å². The Labute approximate surface area is 135 Å². The predicted octanol–water partition coefficient (Wildman–Crippen LogP) is 1.05. The Morgan fingerprint density at radius 1 is 1.22 bits per heavy atom. The van der Waals surface area contributed by atoms with Crippen molar-refractivity contribution in [2.45, 2.75) is 38.9 Å². The number of aromatic nitrogens is 3. The molecule has 122 valence electrons. The number of hydrogen-bond donors (Lipinski definition) is 0. The summed E-state index contributed by atoms with van der Waals surface area (Å²) in [7, 11) is 2.50. The van der Waals surface area contributed by atoms with Gasteiger partial charge in [-0.15, -0.1) is 5.10 Å². The first-order chi connectivity index (χ1) is 10.7. The fourth-order valence-electron chi connectivity index (χ4n) is 2.60. The molecule has 8 heteroatoms. The molecule has 1 fully saturated rings. The second-order valence-electron chi connectivity index (χ2n) is 6.73. The van der Waals surface area contributed by atoms with E-state index < -0.39 is 24.3 Å². The lowest BCUT2D eigenvalue weighted by atomic mass is 9.78. The van der Waals surface area contributed by atoms with Gasteiger partial charge in [0.1, 0.15) is 11.0 Å². The third kappa shape index (κ3) is 2.42. The number of fused-ring (bicyclic) bond motifs is 1. The predicted molar refractivity (Wildman–Crippen MR) is 85.6 cm³/mol.